The van der Waals surface area contributed by atoms with Gasteiger partial charge in [0.1, 0.15) is 5.15 Å². The van der Waals surface area contributed by atoms with Gasteiger partial charge in [-0.1, -0.05) is 11.6 Å². The van der Waals surface area contributed by atoms with Crippen LogP contribution in [0.1, 0.15) is 35.0 Å². The molecule has 4 nitrogen and oxygen atoms in total. The average molecular weight is 265 g/mol. The summed E-state index contributed by atoms with van der Waals surface area (Å²) in [7, 11) is 0. The summed E-state index contributed by atoms with van der Waals surface area (Å²) in [6, 6.07) is 1.06. The molecular formula is C10H11ClF2N2O2. The van der Waals surface area contributed by atoms with Crippen molar-refractivity contribution in [2.45, 2.75) is 19.9 Å². The first-order valence-electron chi connectivity index (χ1n) is 4.85. The largest absolute Gasteiger partial charge is 0.462 e. The summed E-state index contributed by atoms with van der Waals surface area (Å²) in [6.45, 7) is 1.43. The molecule has 0 aliphatic carbocycles. The molecule has 0 amide bonds. The number of nitrogens with zero attached hydrogens (tertiary/aromatic N) is 1. The smallest absolute Gasteiger partial charge is 0.338 e. The van der Waals surface area contributed by atoms with Gasteiger partial charge in [-0.2, -0.15) is 0 Å². The summed E-state index contributed by atoms with van der Waals surface area (Å²) < 4.78 is 30.4. The van der Waals surface area contributed by atoms with Crippen molar-refractivity contribution in [3.05, 3.63) is 28.0 Å². The predicted octanol–water partition coefficient (Wildman–Crippen LogP) is 2.31. The van der Waals surface area contributed by atoms with Gasteiger partial charge in [-0.3, -0.25) is 0 Å². The van der Waals surface area contributed by atoms with Gasteiger partial charge in [-0.05, 0) is 13.0 Å². The second kappa shape index (κ2) is 5.88. The monoisotopic (exact) mass is 264 g/mol. The minimum absolute atomic E-state index is 0.0714. The Morgan fingerprint density at radius 1 is 1.65 bits per heavy atom. The molecule has 0 bridgehead atoms. The molecule has 0 radical (unpaired) electrons. The van der Waals surface area contributed by atoms with Crippen LogP contribution in [0.3, 0.4) is 0 Å². The molecule has 1 heterocycles. The first-order valence-corrected chi connectivity index (χ1v) is 5.23. The van der Waals surface area contributed by atoms with Crippen LogP contribution in [-0.4, -0.2) is 17.6 Å². The minimum atomic E-state index is -2.86. The number of hydrogen-bond acceptors (Lipinski definition) is 4. The Kier molecular flexibility index (Phi) is 4.77. The van der Waals surface area contributed by atoms with Gasteiger partial charge in [-0.25, -0.2) is 18.6 Å². The highest BCUT2D eigenvalue weighted by molar-refractivity contribution is 6.29. The third-order valence-corrected chi connectivity index (χ3v) is 2.21. The number of alkyl halides is 2. The number of halogens is 3. The Balaban J connectivity index is 3.35. The highest BCUT2D eigenvalue weighted by Gasteiger charge is 2.24. The van der Waals surface area contributed by atoms with Crippen molar-refractivity contribution >= 4 is 17.6 Å². The van der Waals surface area contributed by atoms with E-state index in [1.165, 1.54) is 0 Å². The van der Waals surface area contributed by atoms with Crippen molar-refractivity contribution in [1.82, 2.24) is 4.98 Å². The predicted molar refractivity (Wildman–Crippen MR) is 58.1 cm³/mol. The molecule has 0 aromatic carbocycles. The van der Waals surface area contributed by atoms with Crippen LogP contribution in [0.4, 0.5) is 8.78 Å². The van der Waals surface area contributed by atoms with E-state index in [4.69, 9.17) is 17.3 Å². The highest BCUT2D eigenvalue weighted by Crippen LogP contribution is 2.28. The van der Waals surface area contributed by atoms with Crippen molar-refractivity contribution in [2.75, 3.05) is 6.61 Å². The summed E-state index contributed by atoms with van der Waals surface area (Å²) in [6.07, 6.45) is -2.86. The quantitative estimate of drug-likeness (QED) is 0.669. The summed E-state index contributed by atoms with van der Waals surface area (Å²) >= 11 is 5.63. The molecular weight excluding hydrogens is 254 g/mol. The Bertz CT molecular complexity index is 427. The number of ether oxygens (including phenoxy) is 1. The topological polar surface area (TPSA) is 65.2 Å². The van der Waals surface area contributed by atoms with Crippen LogP contribution >= 0.6 is 11.6 Å². The molecule has 1 aromatic heterocycles. The Morgan fingerprint density at radius 3 is 2.76 bits per heavy atom. The summed E-state index contributed by atoms with van der Waals surface area (Å²) in [5.41, 5.74) is 4.38. The Morgan fingerprint density at radius 2 is 2.29 bits per heavy atom. The zero-order chi connectivity index (χ0) is 13.0. The number of pyridine rings is 1. The fourth-order valence-corrected chi connectivity index (χ4v) is 1.56. The first kappa shape index (κ1) is 13.8. The highest BCUT2D eigenvalue weighted by atomic mass is 35.5. The maximum absolute atomic E-state index is 12.9. The number of carbonyl (C=O) groups excluding carboxylic acids is 1. The van der Waals surface area contributed by atoms with E-state index < -0.39 is 18.0 Å². The fraction of sp³-hybridized carbons (Fsp3) is 0.400. The third-order valence-electron chi connectivity index (χ3n) is 2.01. The standard InChI is InChI=1S/C10H11ClF2N2O2/c1-2-17-10(16)5-3-7(11)15-6(4-14)8(5)9(12)13/h3,9H,2,4,14H2,1H3. The second-order valence-corrected chi connectivity index (χ2v) is 3.47. The van der Waals surface area contributed by atoms with E-state index in [1.807, 2.05) is 0 Å². The van der Waals surface area contributed by atoms with Gasteiger partial charge in [0, 0.05) is 6.54 Å². The van der Waals surface area contributed by atoms with Crippen molar-refractivity contribution in [3.63, 3.8) is 0 Å². The van der Waals surface area contributed by atoms with E-state index in [9.17, 15) is 13.6 Å². The molecule has 2 N–H and O–H groups in total. The van der Waals surface area contributed by atoms with Crippen LogP contribution < -0.4 is 5.73 Å². The van der Waals surface area contributed by atoms with E-state index in [-0.39, 0.29) is 29.6 Å². The number of aromatic nitrogens is 1. The maximum atomic E-state index is 12.9. The van der Waals surface area contributed by atoms with Gasteiger partial charge < -0.3 is 10.5 Å². The molecule has 17 heavy (non-hydrogen) atoms. The molecule has 0 spiro atoms. The lowest BCUT2D eigenvalue weighted by Crippen LogP contribution is -2.14. The normalized spacial score (nSPS) is 10.7. The Hall–Kier alpha value is -1.27. The van der Waals surface area contributed by atoms with Crippen LogP contribution in [0, 0.1) is 0 Å². The van der Waals surface area contributed by atoms with E-state index in [2.05, 4.69) is 9.72 Å². The lowest BCUT2D eigenvalue weighted by molar-refractivity contribution is 0.0514. The maximum Gasteiger partial charge on any atom is 0.338 e. The molecule has 94 valence electrons. The molecule has 0 aliphatic rings. The van der Waals surface area contributed by atoms with Gasteiger partial charge in [0.25, 0.3) is 6.43 Å². The minimum Gasteiger partial charge on any atom is -0.462 e. The summed E-state index contributed by atoms with van der Waals surface area (Å²) in [4.78, 5) is 15.2. The van der Waals surface area contributed by atoms with Gasteiger partial charge in [-0.15, -0.1) is 0 Å². The van der Waals surface area contributed by atoms with Crippen molar-refractivity contribution in [2.24, 2.45) is 5.73 Å². The van der Waals surface area contributed by atoms with Crippen LogP contribution in [0.25, 0.3) is 0 Å². The first-order chi connectivity index (χ1) is 8.01. The molecule has 0 aliphatic heterocycles. The SMILES string of the molecule is CCOC(=O)c1cc(Cl)nc(CN)c1C(F)F. The van der Waals surface area contributed by atoms with Gasteiger partial charge in [0.05, 0.1) is 23.4 Å². The summed E-state index contributed by atoms with van der Waals surface area (Å²) in [5, 5.41) is -0.0714. The van der Waals surface area contributed by atoms with E-state index in [1.54, 1.807) is 6.92 Å². The lowest BCUT2D eigenvalue weighted by atomic mass is 10.1. The van der Waals surface area contributed by atoms with Gasteiger partial charge in [0.2, 0.25) is 0 Å². The fourth-order valence-electron chi connectivity index (χ4n) is 1.35. The molecule has 0 saturated heterocycles. The molecule has 1 rings (SSSR count). The zero-order valence-corrected chi connectivity index (χ0v) is 9.80. The zero-order valence-electron chi connectivity index (χ0n) is 9.04. The van der Waals surface area contributed by atoms with Crippen molar-refractivity contribution in [1.29, 1.82) is 0 Å². The van der Waals surface area contributed by atoms with E-state index >= 15 is 0 Å². The van der Waals surface area contributed by atoms with Crippen LogP contribution in [0.5, 0.6) is 0 Å². The van der Waals surface area contributed by atoms with Gasteiger partial charge in [0.15, 0.2) is 0 Å². The van der Waals surface area contributed by atoms with Crippen LogP contribution in [0.2, 0.25) is 5.15 Å². The molecule has 0 unspecified atom stereocenters. The number of nitrogens with two attached hydrogens (primary N) is 1. The van der Waals surface area contributed by atoms with Crippen molar-refractivity contribution in [3.8, 4) is 0 Å². The van der Waals surface area contributed by atoms with E-state index in [0.717, 1.165) is 6.07 Å². The summed E-state index contributed by atoms with van der Waals surface area (Å²) in [5.74, 6) is -0.859. The molecule has 0 saturated carbocycles. The van der Waals surface area contributed by atoms with E-state index in [0.29, 0.717) is 0 Å². The van der Waals surface area contributed by atoms with Crippen LogP contribution in [-0.2, 0) is 11.3 Å². The molecule has 7 heteroatoms. The molecule has 0 fully saturated rings. The molecule has 1 aromatic rings. The number of carbonyl (C=O) groups is 1. The lowest BCUT2D eigenvalue weighted by Gasteiger charge is -2.12. The number of rotatable bonds is 4. The Labute approximate surface area is 102 Å². The van der Waals surface area contributed by atoms with Crippen LogP contribution in [0.15, 0.2) is 6.07 Å². The number of hydrogen-bond donors (Lipinski definition) is 1. The average Bonchev–Trinajstić information content (AvgIpc) is 2.27. The third kappa shape index (κ3) is 3.10. The number of esters is 1. The molecule has 0 atom stereocenters. The van der Waals surface area contributed by atoms with Crippen molar-refractivity contribution < 1.29 is 18.3 Å². The van der Waals surface area contributed by atoms with Gasteiger partial charge >= 0.3 is 5.97 Å². The second-order valence-electron chi connectivity index (χ2n) is 3.08.